The van der Waals surface area contributed by atoms with Crippen molar-refractivity contribution < 1.29 is 23.9 Å². The third kappa shape index (κ3) is 43.4. The van der Waals surface area contributed by atoms with E-state index in [1.165, 1.54) is 51.4 Å². The highest BCUT2D eigenvalue weighted by Crippen LogP contribution is 2.34. The second kappa shape index (κ2) is 43.0. The van der Waals surface area contributed by atoms with Crippen molar-refractivity contribution >= 4 is 17.8 Å². The minimum Gasteiger partial charge on any atom is -0.461 e. The molecular formula is C51H100N2O5. The van der Waals surface area contributed by atoms with Gasteiger partial charge in [-0.05, 0) is 82.7 Å². The van der Waals surface area contributed by atoms with Crippen LogP contribution in [0.1, 0.15) is 230 Å². The molecule has 0 bridgehead atoms. The Morgan fingerprint density at radius 1 is 0.552 bits per heavy atom. The van der Waals surface area contributed by atoms with Gasteiger partial charge >= 0.3 is 11.9 Å². The molecular weight excluding hydrogens is 721 g/mol. The van der Waals surface area contributed by atoms with E-state index in [0.29, 0.717) is 32.6 Å². The van der Waals surface area contributed by atoms with Gasteiger partial charge in [0, 0.05) is 31.8 Å². The quantitative estimate of drug-likeness (QED) is 0.0382. The highest BCUT2D eigenvalue weighted by Gasteiger charge is 2.30. The molecule has 58 heavy (non-hydrogen) atoms. The molecule has 0 aliphatic heterocycles. The summed E-state index contributed by atoms with van der Waals surface area (Å²) in [6.45, 7) is 24.1. The summed E-state index contributed by atoms with van der Waals surface area (Å²) in [6.07, 6.45) is 34.2. The summed E-state index contributed by atoms with van der Waals surface area (Å²) in [5.74, 6) is 0.0158. The number of hydrogen-bond acceptors (Lipinski definition) is 6. The van der Waals surface area contributed by atoms with Crippen molar-refractivity contribution in [2.24, 2.45) is 16.7 Å². The van der Waals surface area contributed by atoms with Crippen LogP contribution in [0.5, 0.6) is 0 Å². The van der Waals surface area contributed by atoms with Crippen LogP contribution in [0.15, 0.2) is 24.3 Å². The first-order chi connectivity index (χ1) is 27.8. The number of hydrogen-bond donors (Lipinski definition) is 1. The van der Waals surface area contributed by atoms with Crippen molar-refractivity contribution in [3.8, 4) is 0 Å². The van der Waals surface area contributed by atoms with Crippen LogP contribution in [-0.4, -0.2) is 63.1 Å². The zero-order chi connectivity index (χ0) is 44.3. The van der Waals surface area contributed by atoms with Crippen LogP contribution < -0.4 is 5.32 Å². The molecule has 0 heterocycles. The van der Waals surface area contributed by atoms with Crippen LogP contribution in [0, 0.1) is 16.7 Å². The lowest BCUT2D eigenvalue weighted by Gasteiger charge is -2.37. The standard InChI is InChI=1S/C47H88N2O5.2C2H6/c1-9-11-13-15-17-25-31-37-53-43(50)35-29-23-19-21-27-33-42(45(52)48-40-46(3,4)39-47(5,6)41-49(7)8)34-28-22-20-24-30-36-44(51)54-38-32-26-18-16-14-12-10-2;2*1-2/h25-26,31-32,42H,9-24,27-30,33-41H2,1-8H3,(H,48,52);2*1-2H3/b31-25-,32-26-;;. The maximum Gasteiger partial charge on any atom is 0.306 e. The largest absolute Gasteiger partial charge is 0.461 e. The monoisotopic (exact) mass is 821 g/mol. The second-order valence-electron chi connectivity index (χ2n) is 17.8. The van der Waals surface area contributed by atoms with Gasteiger partial charge in [0.15, 0.2) is 0 Å². The van der Waals surface area contributed by atoms with E-state index in [9.17, 15) is 14.4 Å². The number of nitrogens with one attached hydrogen (secondary N) is 1. The minimum absolute atomic E-state index is 0.0110. The molecule has 1 amide bonds. The smallest absolute Gasteiger partial charge is 0.306 e. The molecule has 0 aromatic rings. The molecule has 0 aliphatic rings. The van der Waals surface area contributed by atoms with Crippen LogP contribution >= 0.6 is 0 Å². The summed E-state index contributed by atoms with van der Waals surface area (Å²) in [4.78, 5) is 40.0. The Balaban J connectivity index is -0.00000731. The maximum atomic E-state index is 13.6. The van der Waals surface area contributed by atoms with E-state index >= 15 is 0 Å². The number of rotatable bonds is 37. The van der Waals surface area contributed by atoms with Gasteiger partial charge in [0.2, 0.25) is 5.91 Å². The Labute approximate surface area is 362 Å². The van der Waals surface area contributed by atoms with E-state index in [4.69, 9.17) is 9.47 Å². The summed E-state index contributed by atoms with van der Waals surface area (Å²) in [6, 6.07) is 0. The number of ether oxygens (including phenoxy) is 2. The van der Waals surface area contributed by atoms with Gasteiger partial charge < -0.3 is 19.7 Å². The lowest BCUT2D eigenvalue weighted by Crippen LogP contribution is -2.41. The summed E-state index contributed by atoms with van der Waals surface area (Å²) < 4.78 is 10.7. The fourth-order valence-corrected chi connectivity index (χ4v) is 7.70. The average Bonchev–Trinajstić information content (AvgIpc) is 3.18. The Kier molecular flexibility index (Phi) is 44.6. The summed E-state index contributed by atoms with van der Waals surface area (Å²) in [7, 11) is 4.24. The van der Waals surface area contributed by atoms with E-state index in [2.05, 4.69) is 78.0 Å². The zero-order valence-corrected chi connectivity index (χ0v) is 40.9. The zero-order valence-electron chi connectivity index (χ0n) is 40.9. The van der Waals surface area contributed by atoms with Crippen LogP contribution in [0.4, 0.5) is 0 Å². The predicted octanol–water partition coefficient (Wildman–Crippen LogP) is 14.4. The molecule has 0 aromatic heterocycles. The fraction of sp³-hybridized carbons (Fsp3) is 0.863. The highest BCUT2D eigenvalue weighted by atomic mass is 16.5. The van der Waals surface area contributed by atoms with Crippen molar-refractivity contribution in [3.05, 3.63) is 24.3 Å². The molecule has 1 N–H and O–H groups in total. The molecule has 0 aromatic carbocycles. The van der Waals surface area contributed by atoms with Gasteiger partial charge in [0.05, 0.1) is 0 Å². The Morgan fingerprint density at radius 2 is 0.948 bits per heavy atom. The number of unbranched alkanes of at least 4 members (excludes halogenated alkanes) is 16. The number of carbonyl (C=O) groups is 3. The molecule has 0 spiro atoms. The van der Waals surface area contributed by atoms with Gasteiger partial charge in [-0.1, -0.05) is 183 Å². The normalized spacial score (nSPS) is 11.8. The van der Waals surface area contributed by atoms with Crippen LogP contribution in [-0.2, 0) is 23.9 Å². The van der Waals surface area contributed by atoms with E-state index in [1.807, 2.05) is 39.8 Å². The first-order valence-electron chi connectivity index (χ1n) is 24.4. The third-order valence-electron chi connectivity index (χ3n) is 10.1. The number of esters is 2. The van der Waals surface area contributed by atoms with Gasteiger partial charge in [-0.25, -0.2) is 0 Å². The van der Waals surface area contributed by atoms with Crippen molar-refractivity contribution in [2.45, 2.75) is 230 Å². The SMILES string of the molecule is CC.CC.CCCCCC/C=C\COC(=O)CCCCCCCC(CCCCCCCC(=O)OC/C=C\CCCCCC)C(=O)NCC(C)(C)CC(C)(C)CN(C)C. The molecule has 7 heteroatoms. The lowest BCUT2D eigenvalue weighted by molar-refractivity contribution is -0.143. The number of allylic oxidation sites excluding steroid dienone is 2. The van der Waals surface area contributed by atoms with E-state index in [0.717, 1.165) is 103 Å². The molecule has 0 saturated carbocycles. The lowest BCUT2D eigenvalue weighted by atomic mass is 9.74. The van der Waals surface area contributed by atoms with Crippen LogP contribution in [0.2, 0.25) is 0 Å². The molecule has 0 saturated heterocycles. The van der Waals surface area contributed by atoms with Crippen molar-refractivity contribution in [1.82, 2.24) is 10.2 Å². The minimum atomic E-state index is -0.105. The molecule has 0 atom stereocenters. The Hall–Kier alpha value is -2.15. The van der Waals surface area contributed by atoms with Gasteiger partial charge in [-0.2, -0.15) is 0 Å². The van der Waals surface area contributed by atoms with Gasteiger partial charge in [-0.3, -0.25) is 14.4 Å². The molecule has 0 fully saturated rings. The molecule has 0 aliphatic carbocycles. The van der Waals surface area contributed by atoms with Crippen molar-refractivity contribution in [2.75, 3.05) is 40.4 Å². The Morgan fingerprint density at radius 3 is 1.36 bits per heavy atom. The fourth-order valence-electron chi connectivity index (χ4n) is 7.70. The number of nitrogens with zero attached hydrogens (tertiary/aromatic N) is 1. The molecule has 0 rings (SSSR count). The van der Waals surface area contributed by atoms with Crippen molar-refractivity contribution in [3.63, 3.8) is 0 Å². The first kappa shape index (κ1) is 60.2. The van der Waals surface area contributed by atoms with Gasteiger partial charge in [0.25, 0.3) is 0 Å². The van der Waals surface area contributed by atoms with Crippen molar-refractivity contribution in [1.29, 1.82) is 0 Å². The van der Waals surface area contributed by atoms with E-state index in [1.54, 1.807) is 0 Å². The van der Waals surface area contributed by atoms with Crippen LogP contribution in [0.3, 0.4) is 0 Å². The topological polar surface area (TPSA) is 84.9 Å². The highest BCUT2D eigenvalue weighted by molar-refractivity contribution is 5.78. The molecule has 344 valence electrons. The van der Waals surface area contributed by atoms with E-state index in [-0.39, 0.29) is 34.6 Å². The Bertz CT molecular complexity index is 935. The molecule has 0 unspecified atom stereocenters. The second-order valence-corrected chi connectivity index (χ2v) is 17.8. The van der Waals surface area contributed by atoms with Crippen LogP contribution in [0.25, 0.3) is 0 Å². The summed E-state index contributed by atoms with van der Waals surface area (Å²) in [5.41, 5.74) is 0.177. The number of carbonyl (C=O) groups excluding carboxylic acids is 3. The molecule has 7 nitrogen and oxygen atoms in total. The maximum absolute atomic E-state index is 13.6. The average molecular weight is 821 g/mol. The summed E-state index contributed by atoms with van der Waals surface area (Å²) >= 11 is 0. The predicted molar refractivity (Wildman–Crippen MR) is 252 cm³/mol. The van der Waals surface area contributed by atoms with E-state index < -0.39 is 0 Å². The van der Waals surface area contributed by atoms with Gasteiger partial charge in [-0.15, -0.1) is 0 Å². The first-order valence-corrected chi connectivity index (χ1v) is 24.4. The van der Waals surface area contributed by atoms with Gasteiger partial charge in [0.1, 0.15) is 13.2 Å². The molecule has 0 radical (unpaired) electrons. The summed E-state index contributed by atoms with van der Waals surface area (Å²) in [5, 5.41) is 3.35. The number of amides is 1. The third-order valence-corrected chi connectivity index (χ3v) is 10.1.